The summed E-state index contributed by atoms with van der Waals surface area (Å²) in [5.74, 6) is -1.02. The lowest BCUT2D eigenvalue weighted by Gasteiger charge is -2.17. The molecule has 0 aliphatic heterocycles. The summed E-state index contributed by atoms with van der Waals surface area (Å²) in [6.07, 6.45) is -3.26. The average molecular weight is 277 g/mol. The highest BCUT2D eigenvalue weighted by molar-refractivity contribution is 5.97. The van der Waals surface area contributed by atoms with Gasteiger partial charge in [-0.15, -0.1) is 0 Å². The topological polar surface area (TPSA) is 108 Å². The molecular formula is C14H15NO5. The maximum absolute atomic E-state index is 11.6. The van der Waals surface area contributed by atoms with E-state index in [-0.39, 0.29) is 24.2 Å². The van der Waals surface area contributed by atoms with Crippen molar-refractivity contribution in [3.05, 3.63) is 35.4 Å². The molecule has 0 saturated heterocycles. The quantitative estimate of drug-likeness (QED) is 0.586. The van der Waals surface area contributed by atoms with Crippen LogP contribution in [-0.2, 0) is 9.53 Å². The fraction of sp³-hybridized carbons (Fsp3) is 0.357. The number of esters is 1. The average Bonchev–Trinajstić information content (AvgIpc) is 2.46. The van der Waals surface area contributed by atoms with Crippen molar-refractivity contribution in [3.8, 4) is 6.07 Å². The predicted octanol–water partition coefficient (Wildman–Crippen LogP) is 0.740. The van der Waals surface area contributed by atoms with E-state index in [9.17, 15) is 19.8 Å². The Morgan fingerprint density at radius 3 is 2.70 bits per heavy atom. The first-order valence-electron chi connectivity index (χ1n) is 5.92. The number of hydrogen-bond donors (Lipinski definition) is 2. The summed E-state index contributed by atoms with van der Waals surface area (Å²) in [6.45, 7) is 0. The summed E-state index contributed by atoms with van der Waals surface area (Å²) >= 11 is 0. The molecule has 2 atom stereocenters. The van der Waals surface area contributed by atoms with Crippen molar-refractivity contribution in [2.24, 2.45) is 0 Å². The third-order valence-electron chi connectivity index (χ3n) is 2.76. The second-order valence-electron chi connectivity index (χ2n) is 4.18. The van der Waals surface area contributed by atoms with Crippen LogP contribution in [0.2, 0.25) is 0 Å². The van der Waals surface area contributed by atoms with Crippen molar-refractivity contribution in [1.29, 1.82) is 5.26 Å². The smallest absolute Gasteiger partial charge is 0.308 e. The van der Waals surface area contributed by atoms with Gasteiger partial charge < -0.3 is 14.9 Å². The monoisotopic (exact) mass is 277 g/mol. The van der Waals surface area contributed by atoms with Crippen LogP contribution in [-0.4, -0.2) is 35.2 Å². The van der Waals surface area contributed by atoms with Crippen LogP contribution in [0.25, 0.3) is 0 Å². The van der Waals surface area contributed by atoms with Crippen LogP contribution in [0.4, 0.5) is 0 Å². The predicted molar refractivity (Wildman–Crippen MR) is 68.6 cm³/mol. The zero-order valence-electron chi connectivity index (χ0n) is 10.9. The van der Waals surface area contributed by atoms with Gasteiger partial charge in [0.2, 0.25) is 0 Å². The molecule has 0 fully saturated rings. The molecule has 0 amide bonds. The number of carbonyl (C=O) groups is 2. The van der Waals surface area contributed by atoms with Gasteiger partial charge in [-0.1, -0.05) is 18.2 Å². The number of Topliss-reactive ketones (excluding diaryl/α,β-unsaturated/α-hetero) is 1. The van der Waals surface area contributed by atoms with Crippen molar-refractivity contribution in [3.63, 3.8) is 0 Å². The van der Waals surface area contributed by atoms with Gasteiger partial charge in [-0.3, -0.25) is 9.59 Å². The Morgan fingerprint density at radius 1 is 1.40 bits per heavy atom. The van der Waals surface area contributed by atoms with E-state index in [0.717, 1.165) is 0 Å². The highest BCUT2D eigenvalue weighted by Gasteiger charge is 2.22. The van der Waals surface area contributed by atoms with Crippen molar-refractivity contribution in [2.75, 3.05) is 7.11 Å². The largest absolute Gasteiger partial charge is 0.469 e. The number of ketones is 1. The zero-order chi connectivity index (χ0) is 15.1. The van der Waals surface area contributed by atoms with Crippen LogP contribution in [0, 0.1) is 11.3 Å². The van der Waals surface area contributed by atoms with E-state index in [1.165, 1.54) is 31.4 Å². The zero-order valence-corrected chi connectivity index (χ0v) is 10.9. The van der Waals surface area contributed by atoms with Crippen molar-refractivity contribution in [1.82, 2.24) is 0 Å². The van der Waals surface area contributed by atoms with Gasteiger partial charge in [0.15, 0.2) is 5.78 Å². The highest BCUT2D eigenvalue weighted by Crippen LogP contribution is 2.21. The van der Waals surface area contributed by atoms with Gasteiger partial charge in [0.25, 0.3) is 0 Å². The molecule has 0 heterocycles. The summed E-state index contributed by atoms with van der Waals surface area (Å²) in [5, 5.41) is 28.1. The summed E-state index contributed by atoms with van der Waals surface area (Å²) in [4.78, 5) is 22.6. The first kappa shape index (κ1) is 15.8. The first-order chi connectivity index (χ1) is 9.49. The van der Waals surface area contributed by atoms with Crippen LogP contribution in [0.5, 0.6) is 0 Å². The molecule has 106 valence electrons. The molecule has 20 heavy (non-hydrogen) atoms. The van der Waals surface area contributed by atoms with Gasteiger partial charge in [-0.2, -0.15) is 5.26 Å². The normalized spacial score (nSPS) is 13.1. The van der Waals surface area contributed by atoms with Crippen LogP contribution >= 0.6 is 0 Å². The Morgan fingerprint density at radius 2 is 2.10 bits per heavy atom. The van der Waals surface area contributed by atoms with E-state index < -0.39 is 18.2 Å². The molecule has 2 unspecified atom stereocenters. The van der Waals surface area contributed by atoms with Crippen LogP contribution < -0.4 is 0 Å². The third kappa shape index (κ3) is 4.16. The Hall–Kier alpha value is -2.23. The molecule has 2 N–H and O–H groups in total. The number of ether oxygens (including phenoxy) is 1. The minimum atomic E-state index is -1.33. The van der Waals surface area contributed by atoms with Crippen molar-refractivity contribution < 1.29 is 24.5 Å². The lowest BCUT2D eigenvalue weighted by Crippen LogP contribution is -2.22. The van der Waals surface area contributed by atoms with Gasteiger partial charge in [-0.05, 0) is 11.6 Å². The molecule has 0 aliphatic carbocycles. The number of rotatable bonds is 6. The number of hydrogen-bond acceptors (Lipinski definition) is 6. The molecule has 6 nitrogen and oxygen atoms in total. The molecule has 0 aromatic heterocycles. The van der Waals surface area contributed by atoms with E-state index in [1.807, 2.05) is 0 Å². The van der Waals surface area contributed by atoms with E-state index in [1.54, 1.807) is 6.07 Å². The summed E-state index contributed by atoms with van der Waals surface area (Å²) in [6, 6.07) is 7.72. The van der Waals surface area contributed by atoms with Gasteiger partial charge in [0.05, 0.1) is 32.1 Å². The van der Waals surface area contributed by atoms with Crippen molar-refractivity contribution >= 4 is 11.8 Å². The standard InChI is InChI=1S/C14H15NO5/c1-20-13(18)8-12(17)14(19)10-4-2-3-9(7-10)11(16)5-6-15/h2-4,7,12,14,17,19H,5,8H2,1H3. The lowest BCUT2D eigenvalue weighted by atomic mass is 9.98. The van der Waals surface area contributed by atoms with E-state index in [0.29, 0.717) is 5.56 Å². The SMILES string of the molecule is COC(=O)CC(O)C(O)c1cccc(C(=O)CC#N)c1. The van der Waals surface area contributed by atoms with Gasteiger partial charge in [0.1, 0.15) is 6.10 Å². The maximum Gasteiger partial charge on any atom is 0.308 e. The van der Waals surface area contributed by atoms with E-state index in [4.69, 9.17) is 5.26 Å². The van der Waals surface area contributed by atoms with Crippen molar-refractivity contribution in [2.45, 2.75) is 25.0 Å². The lowest BCUT2D eigenvalue weighted by molar-refractivity contribution is -0.144. The molecule has 1 aromatic carbocycles. The Labute approximate surface area is 116 Å². The third-order valence-corrected chi connectivity index (χ3v) is 2.76. The fourth-order valence-corrected chi connectivity index (χ4v) is 1.66. The molecule has 0 bridgehead atoms. The van der Waals surface area contributed by atoms with Crippen LogP contribution in [0.1, 0.15) is 34.9 Å². The molecule has 1 rings (SSSR count). The number of nitriles is 1. The Bertz CT molecular complexity index is 535. The minimum Gasteiger partial charge on any atom is -0.469 e. The second-order valence-corrected chi connectivity index (χ2v) is 4.18. The maximum atomic E-state index is 11.6. The molecule has 6 heteroatoms. The number of carbonyl (C=O) groups excluding carboxylic acids is 2. The number of aliphatic hydroxyl groups excluding tert-OH is 2. The van der Waals surface area contributed by atoms with E-state index in [2.05, 4.69) is 4.74 Å². The van der Waals surface area contributed by atoms with Crippen LogP contribution in [0.15, 0.2) is 24.3 Å². The molecule has 1 aromatic rings. The number of nitrogens with zero attached hydrogens (tertiary/aromatic N) is 1. The van der Waals surface area contributed by atoms with Gasteiger partial charge >= 0.3 is 5.97 Å². The summed E-state index contributed by atoms with van der Waals surface area (Å²) < 4.78 is 4.40. The number of aliphatic hydroxyl groups is 2. The first-order valence-corrected chi connectivity index (χ1v) is 5.92. The summed E-state index contributed by atoms with van der Waals surface area (Å²) in [7, 11) is 1.18. The minimum absolute atomic E-state index is 0.260. The van der Waals surface area contributed by atoms with Gasteiger partial charge in [-0.25, -0.2) is 0 Å². The number of benzene rings is 1. The Balaban J connectivity index is 2.86. The molecular weight excluding hydrogens is 262 g/mol. The van der Waals surface area contributed by atoms with Crippen LogP contribution in [0.3, 0.4) is 0 Å². The fourth-order valence-electron chi connectivity index (χ4n) is 1.66. The molecule has 0 spiro atoms. The highest BCUT2D eigenvalue weighted by atomic mass is 16.5. The summed E-state index contributed by atoms with van der Waals surface area (Å²) in [5.41, 5.74) is 0.568. The Kier molecular flexibility index (Phi) is 5.84. The molecule has 0 saturated carbocycles. The van der Waals surface area contributed by atoms with E-state index >= 15 is 0 Å². The molecule has 0 radical (unpaired) electrons. The molecule has 0 aliphatic rings. The second kappa shape index (κ2) is 7.38. The van der Waals surface area contributed by atoms with Gasteiger partial charge in [0, 0.05) is 5.56 Å². The number of methoxy groups -OCH3 is 1.